The van der Waals surface area contributed by atoms with E-state index in [1.165, 1.54) is 39.1 Å². The maximum Gasteiger partial charge on any atom is 0.408 e. The van der Waals surface area contributed by atoms with E-state index in [1.54, 1.807) is 51.5 Å². The average Bonchev–Trinajstić information content (AvgIpc) is 1.56. The van der Waals surface area contributed by atoms with Crippen LogP contribution in [-0.4, -0.2) is 186 Å². The molecule has 4 aromatic heterocycles. The Labute approximate surface area is 669 Å². The fraction of sp³-hybridized carbons (Fsp3) is 0.580. The Morgan fingerprint density at radius 1 is 0.593 bits per heavy atom. The summed E-state index contributed by atoms with van der Waals surface area (Å²) < 4.78 is 63.0. The van der Waals surface area contributed by atoms with Crippen LogP contribution in [0.5, 0.6) is 23.0 Å². The molecule has 2 aliphatic heterocycles. The van der Waals surface area contributed by atoms with Crippen molar-refractivity contribution in [3.63, 3.8) is 0 Å². The van der Waals surface area contributed by atoms with Gasteiger partial charge in [-0.2, -0.15) is 0 Å². The highest BCUT2D eigenvalue weighted by molar-refractivity contribution is 7.61. The standard InChI is InChI=1S/C42H59N6O8PS.C39H53N6O8PS/c1-10-25(5)57(52,53)42(21-26(42)11-2)47-37(49)34-19-29(22-48(34)38(50)36(41(6,7)8)46-40(51)56-27-14-12-13-15-27)55-35-20-32(33-23-58-39(45-33)43-24(3)4)44-31-18-28(54-9)16-17-30(31)35;1-9-23-19-39(23,54(8,49)50)44-34(46)31-17-26(20-45(31)35(47)33(38(4,5)6)43-37(48)53-24-12-10-11-13-24)52-32-18-29(30-21-55-36(42-30)40-22(2)3)41-28-16-25(51-7)14-15-27(28)32/h11,16-18,20,23-27,29,34,36H,2,10,12-15,19,21-22H2,1,3-9H3,(H,43,45)(H,46,51)(H,47,49)(H,52,53);9,14-16,18,21-24,26,31,33H,1,10-13,17,19-20H2,2-8H3,(H,40,42)(H,43,48)(H,44,46)(H,49,50)/t25?,26-,29-,34+,36-,42+;23-,26-,31+,33-,39+/m11/s1. The van der Waals surface area contributed by atoms with Gasteiger partial charge in [-0.05, 0) is 133 Å². The first-order valence-electron chi connectivity index (χ1n) is 39.2. The number of thiazole rings is 2. The van der Waals surface area contributed by atoms with Crippen LogP contribution in [0.3, 0.4) is 0 Å². The number of hydrogen-bond acceptors (Lipinski definition) is 22. The van der Waals surface area contributed by atoms with Crippen molar-refractivity contribution in [1.29, 1.82) is 0 Å². The zero-order valence-electron chi connectivity index (χ0n) is 67.5. The van der Waals surface area contributed by atoms with Crippen LogP contribution in [0.2, 0.25) is 0 Å². The molecule has 4 aliphatic carbocycles. The summed E-state index contributed by atoms with van der Waals surface area (Å²) in [5.41, 5.74) is 1.51. The van der Waals surface area contributed by atoms with Gasteiger partial charge in [0.25, 0.3) is 0 Å². The summed E-state index contributed by atoms with van der Waals surface area (Å²) in [5.74, 6) is -0.785. The smallest absolute Gasteiger partial charge is 0.408 e. The lowest BCUT2D eigenvalue weighted by atomic mass is 9.85. The van der Waals surface area contributed by atoms with Crippen molar-refractivity contribution >= 4 is 105 Å². The molecule has 614 valence electrons. The van der Waals surface area contributed by atoms with Crippen molar-refractivity contribution in [2.24, 2.45) is 22.7 Å². The predicted molar refractivity (Wildman–Crippen MR) is 439 cm³/mol. The Kier molecular flexibility index (Phi) is 26.2. The molecule has 12 rings (SSSR count). The molecule has 4 saturated carbocycles. The van der Waals surface area contributed by atoms with Gasteiger partial charge in [-0.1, -0.05) is 67.5 Å². The van der Waals surface area contributed by atoms with E-state index in [9.17, 15) is 47.7 Å². The highest BCUT2D eigenvalue weighted by Crippen LogP contribution is 2.72. The topological polar surface area (TPSA) is 363 Å². The molecule has 113 heavy (non-hydrogen) atoms. The number of methoxy groups -OCH3 is 2. The van der Waals surface area contributed by atoms with Crippen LogP contribution < -0.4 is 50.8 Å². The van der Waals surface area contributed by atoms with Gasteiger partial charge in [-0.25, -0.2) is 29.5 Å². The second kappa shape index (κ2) is 34.6. The quantitative estimate of drug-likeness (QED) is 0.0167. The van der Waals surface area contributed by atoms with Crippen molar-refractivity contribution in [3.05, 3.63) is 84.6 Å². The zero-order valence-corrected chi connectivity index (χ0v) is 70.9. The zero-order chi connectivity index (χ0) is 82.0. The van der Waals surface area contributed by atoms with Gasteiger partial charge in [-0.3, -0.25) is 28.3 Å². The number of carbonyl (C=O) groups is 6. The number of hydrogen-bond donors (Lipinski definition) is 8. The predicted octanol–water partition coefficient (Wildman–Crippen LogP) is 14.2. The number of aromatic nitrogens is 4. The van der Waals surface area contributed by atoms with E-state index < -0.39 is 126 Å². The third-order valence-electron chi connectivity index (χ3n) is 22.2. The number of amides is 6. The third kappa shape index (κ3) is 19.3. The number of nitrogens with one attached hydrogen (secondary N) is 6. The number of likely N-dealkylation sites (tertiary alicyclic amines) is 2. The number of carbonyl (C=O) groups excluding carboxylic acids is 6. The lowest BCUT2D eigenvalue weighted by molar-refractivity contribution is -0.142. The van der Waals surface area contributed by atoms with Gasteiger partial charge in [0, 0.05) is 94.9 Å². The van der Waals surface area contributed by atoms with Crippen molar-refractivity contribution in [2.75, 3.05) is 44.6 Å². The number of rotatable bonds is 28. The molecule has 6 aliphatic rings. The molecule has 6 aromatic rings. The molecule has 8 N–H and O–H groups in total. The third-order valence-corrected chi connectivity index (χ3v) is 29.2. The maximum atomic E-state index is 14.8. The molecule has 3 unspecified atom stereocenters. The minimum Gasteiger partial charge on any atom is -0.497 e. The van der Waals surface area contributed by atoms with Crippen LogP contribution in [0.15, 0.2) is 84.6 Å². The molecule has 6 heterocycles. The van der Waals surface area contributed by atoms with Gasteiger partial charge in [0.1, 0.15) is 93.5 Å². The molecule has 6 fully saturated rings. The fourth-order valence-electron chi connectivity index (χ4n) is 15.5. The molecule has 6 amide bonds. The van der Waals surface area contributed by atoms with E-state index in [-0.39, 0.29) is 63.1 Å². The van der Waals surface area contributed by atoms with Gasteiger partial charge >= 0.3 is 12.2 Å². The van der Waals surface area contributed by atoms with Gasteiger partial charge < -0.3 is 79.9 Å². The lowest BCUT2D eigenvalue weighted by Crippen LogP contribution is -2.58. The molecule has 32 heteroatoms. The Morgan fingerprint density at radius 3 is 1.33 bits per heavy atom. The Balaban J connectivity index is 0.000000223. The van der Waals surface area contributed by atoms with Crippen LogP contribution in [0.4, 0.5) is 19.9 Å². The number of ether oxygens (including phenoxy) is 6. The van der Waals surface area contributed by atoms with Crippen molar-refractivity contribution in [3.8, 4) is 45.8 Å². The summed E-state index contributed by atoms with van der Waals surface area (Å²) in [7, 11) is -4.62. The molecule has 0 spiro atoms. The molecule has 0 bridgehead atoms. The van der Waals surface area contributed by atoms with Crippen molar-refractivity contribution in [1.82, 2.24) is 51.0 Å². The highest BCUT2D eigenvalue weighted by Gasteiger charge is 2.68. The van der Waals surface area contributed by atoms with E-state index in [4.69, 9.17) is 48.4 Å². The Bertz CT molecular complexity index is 4620. The van der Waals surface area contributed by atoms with Gasteiger partial charge in [-0.15, -0.1) is 35.8 Å². The Morgan fingerprint density at radius 2 is 0.982 bits per heavy atom. The molecule has 0 radical (unpaired) electrons. The second-order valence-corrected chi connectivity index (χ2v) is 40.8. The first-order chi connectivity index (χ1) is 53.3. The summed E-state index contributed by atoms with van der Waals surface area (Å²) in [6.45, 7) is 31.6. The minimum atomic E-state index is -3.95. The van der Waals surface area contributed by atoms with Crippen molar-refractivity contribution in [2.45, 2.75) is 243 Å². The first kappa shape index (κ1) is 85.5. The second-order valence-electron chi connectivity index (χ2n) is 33.6. The summed E-state index contributed by atoms with van der Waals surface area (Å²) >= 11 is 2.93. The van der Waals surface area contributed by atoms with E-state index in [1.807, 2.05) is 117 Å². The van der Waals surface area contributed by atoms with Gasteiger partial charge in [0.2, 0.25) is 38.4 Å². The normalized spacial score (nSPS) is 24.2. The molecule has 28 nitrogen and oxygen atoms in total. The maximum absolute atomic E-state index is 14.8. The molecule has 2 aromatic carbocycles. The molecule has 2 saturated heterocycles. The van der Waals surface area contributed by atoms with E-state index in [0.29, 0.717) is 74.0 Å². The summed E-state index contributed by atoms with van der Waals surface area (Å²) in [6, 6.07) is 10.6. The minimum absolute atomic E-state index is 0.00187. The largest absolute Gasteiger partial charge is 0.497 e. The number of pyridine rings is 2. The van der Waals surface area contributed by atoms with E-state index in [0.717, 1.165) is 61.6 Å². The lowest BCUT2D eigenvalue weighted by Gasteiger charge is -2.36. The first-order valence-corrected chi connectivity index (χ1v) is 44.7. The number of anilines is 2. The van der Waals surface area contributed by atoms with Crippen LogP contribution in [0.25, 0.3) is 44.6 Å². The van der Waals surface area contributed by atoms with Crippen molar-refractivity contribution < 1.29 is 76.1 Å². The molecule has 13 atom stereocenters. The van der Waals surface area contributed by atoms with Gasteiger partial charge in [0.05, 0.1) is 49.7 Å². The number of nitrogens with zero attached hydrogens (tertiary/aromatic N) is 6. The summed E-state index contributed by atoms with van der Waals surface area (Å²) in [6.07, 6.45) is 8.07. The van der Waals surface area contributed by atoms with E-state index in [2.05, 4.69) is 45.1 Å². The van der Waals surface area contributed by atoms with Gasteiger partial charge in [0.15, 0.2) is 10.3 Å². The van der Waals surface area contributed by atoms with Crippen LogP contribution in [0.1, 0.15) is 167 Å². The van der Waals surface area contributed by atoms with E-state index >= 15 is 0 Å². The molecular weight excluding hydrogens is 1520 g/mol. The number of fused-ring (bicyclic) bond motifs is 2. The SMILES string of the molecule is C=C[C@@H]1C[C@]1(NC(=O)[C@@H]1C[C@@H](Oc2cc(-c3csc(NC(C)C)n3)nc3cc(OC)ccc23)CN1C(=O)[C@@H](NC(=O)OC1CCCC1)C(C)(C)C)P(=O)(O)C(C)CC.C=C[C@@H]1C[C@]1(NC(=O)[C@@H]1C[C@@H](Oc2cc(-c3csc(NC(C)C)n3)nc3cc(OC)ccc23)CN1C(=O)[C@@H](NC(=O)OC1CCCC1)C(C)(C)C)P(C)(=O)O. The summed E-state index contributed by atoms with van der Waals surface area (Å²) in [4.78, 5) is 129. The van der Waals surface area contributed by atoms with Crippen LogP contribution in [-0.2, 0) is 37.8 Å². The summed E-state index contributed by atoms with van der Waals surface area (Å²) in [5, 5.41) is 22.0. The number of alkyl carbamates (subject to hydrolysis) is 2. The highest BCUT2D eigenvalue weighted by atomic mass is 32.1. The van der Waals surface area contributed by atoms with Crippen LogP contribution in [0, 0.1) is 22.7 Å². The average molecular weight is 1640 g/mol. The molecular formula is C81H112N12O16P2S2. The monoisotopic (exact) mass is 1630 g/mol. The van der Waals surface area contributed by atoms with Crippen LogP contribution >= 0.6 is 37.4 Å². The fourth-order valence-corrected chi connectivity index (χ4v) is 21.4. The number of benzene rings is 2. The Hall–Kier alpha value is -8.40.